The largest absolute Gasteiger partial charge is 0.385 e. The van der Waals surface area contributed by atoms with Gasteiger partial charge in [-0.05, 0) is 30.4 Å². The standard InChI is InChI=1S/C15H25N3O/c1-6-16-12-7-8-17-13(9-12)14(19)18-10-11(2)15(3,4)5/h7-9,11H,6,10H2,1-5H3,(H,16,17)(H,18,19). The van der Waals surface area contributed by atoms with Gasteiger partial charge in [-0.3, -0.25) is 9.78 Å². The molecule has 1 rings (SSSR count). The lowest BCUT2D eigenvalue weighted by Crippen LogP contribution is -2.34. The molecule has 0 bridgehead atoms. The molecule has 1 unspecified atom stereocenters. The zero-order valence-corrected chi connectivity index (χ0v) is 12.6. The first kappa shape index (κ1) is 15.5. The molecule has 1 aromatic rings. The lowest BCUT2D eigenvalue weighted by atomic mass is 9.82. The average Bonchev–Trinajstić information content (AvgIpc) is 2.35. The fraction of sp³-hybridized carbons (Fsp3) is 0.600. The summed E-state index contributed by atoms with van der Waals surface area (Å²) in [4.78, 5) is 16.1. The highest BCUT2D eigenvalue weighted by atomic mass is 16.1. The number of pyridine rings is 1. The lowest BCUT2D eigenvalue weighted by Gasteiger charge is -2.27. The monoisotopic (exact) mass is 263 g/mol. The smallest absolute Gasteiger partial charge is 0.269 e. The highest BCUT2D eigenvalue weighted by molar-refractivity contribution is 5.93. The topological polar surface area (TPSA) is 54.0 Å². The first-order valence-electron chi connectivity index (χ1n) is 6.82. The minimum Gasteiger partial charge on any atom is -0.385 e. The second-order valence-corrected chi connectivity index (χ2v) is 5.94. The summed E-state index contributed by atoms with van der Waals surface area (Å²) >= 11 is 0. The number of hydrogen-bond donors (Lipinski definition) is 2. The van der Waals surface area contributed by atoms with Crippen molar-refractivity contribution in [1.29, 1.82) is 0 Å². The molecular weight excluding hydrogens is 238 g/mol. The molecule has 19 heavy (non-hydrogen) atoms. The van der Waals surface area contributed by atoms with E-state index in [0.29, 0.717) is 18.2 Å². The Morgan fingerprint density at radius 2 is 2.11 bits per heavy atom. The summed E-state index contributed by atoms with van der Waals surface area (Å²) in [5.74, 6) is 0.296. The Morgan fingerprint density at radius 1 is 1.42 bits per heavy atom. The van der Waals surface area contributed by atoms with E-state index >= 15 is 0 Å². The molecule has 0 aliphatic carbocycles. The molecule has 0 saturated heterocycles. The number of carbonyl (C=O) groups is 1. The molecule has 0 radical (unpaired) electrons. The Bertz CT molecular complexity index is 424. The zero-order chi connectivity index (χ0) is 14.5. The van der Waals surface area contributed by atoms with Crippen LogP contribution in [0, 0.1) is 11.3 Å². The number of rotatable bonds is 5. The molecule has 4 heteroatoms. The maximum atomic E-state index is 12.0. The molecule has 1 aromatic heterocycles. The molecule has 1 atom stereocenters. The Labute approximate surface area is 116 Å². The van der Waals surface area contributed by atoms with Crippen LogP contribution in [-0.4, -0.2) is 24.0 Å². The maximum absolute atomic E-state index is 12.0. The van der Waals surface area contributed by atoms with Crippen LogP contribution in [0.3, 0.4) is 0 Å². The van der Waals surface area contributed by atoms with Gasteiger partial charge in [-0.15, -0.1) is 0 Å². The van der Waals surface area contributed by atoms with Crippen LogP contribution in [0.15, 0.2) is 18.3 Å². The van der Waals surface area contributed by atoms with Crippen molar-refractivity contribution in [1.82, 2.24) is 10.3 Å². The highest BCUT2D eigenvalue weighted by Gasteiger charge is 2.20. The van der Waals surface area contributed by atoms with E-state index in [2.05, 4.69) is 43.3 Å². The van der Waals surface area contributed by atoms with Crippen LogP contribution in [0.1, 0.15) is 45.1 Å². The number of aromatic nitrogens is 1. The van der Waals surface area contributed by atoms with Crippen LogP contribution in [0.5, 0.6) is 0 Å². The fourth-order valence-electron chi connectivity index (χ4n) is 1.51. The van der Waals surface area contributed by atoms with E-state index in [1.54, 1.807) is 12.3 Å². The van der Waals surface area contributed by atoms with Crippen molar-refractivity contribution in [3.05, 3.63) is 24.0 Å². The molecule has 1 amide bonds. The molecule has 4 nitrogen and oxygen atoms in total. The van der Waals surface area contributed by atoms with E-state index in [1.165, 1.54) is 0 Å². The average molecular weight is 263 g/mol. The molecule has 0 saturated carbocycles. The number of nitrogens with one attached hydrogen (secondary N) is 2. The van der Waals surface area contributed by atoms with E-state index in [0.717, 1.165) is 12.2 Å². The number of nitrogens with zero attached hydrogens (tertiary/aromatic N) is 1. The van der Waals surface area contributed by atoms with Crippen LogP contribution in [0.25, 0.3) is 0 Å². The van der Waals surface area contributed by atoms with Gasteiger partial charge in [0.2, 0.25) is 0 Å². The van der Waals surface area contributed by atoms with Gasteiger partial charge in [-0.1, -0.05) is 27.7 Å². The van der Waals surface area contributed by atoms with Crippen LogP contribution < -0.4 is 10.6 Å². The predicted octanol–water partition coefficient (Wildman–Crippen LogP) is 2.93. The first-order chi connectivity index (χ1) is 8.84. The number of anilines is 1. The zero-order valence-electron chi connectivity index (χ0n) is 12.6. The Balaban J connectivity index is 2.61. The van der Waals surface area contributed by atoms with Gasteiger partial charge in [0.15, 0.2) is 0 Å². The number of carbonyl (C=O) groups excluding carboxylic acids is 1. The van der Waals surface area contributed by atoms with Gasteiger partial charge in [-0.2, -0.15) is 0 Å². The number of amides is 1. The summed E-state index contributed by atoms with van der Waals surface area (Å²) in [7, 11) is 0. The molecule has 2 N–H and O–H groups in total. The normalized spacial score (nSPS) is 12.9. The van der Waals surface area contributed by atoms with Gasteiger partial charge in [0.05, 0.1) is 0 Å². The van der Waals surface area contributed by atoms with Crippen molar-refractivity contribution in [2.45, 2.75) is 34.6 Å². The van der Waals surface area contributed by atoms with Gasteiger partial charge >= 0.3 is 0 Å². The van der Waals surface area contributed by atoms with Crippen LogP contribution >= 0.6 is 0 Å². The van der Waals surface area contributed by atoms with Crippen molar-refractivity contribution < 1.29 is 4.79 Å². The van der Waals surface area contributed by atoms with E-state index in [1.807, 2.05) is 13.0 Å². The third kappa shape index (κ3) is 4.89. The third-order valence-corrected chi connectivity index (χ3v) is 3.42. The van der Waals surface area contributed by atoms with E-state index in [-0.39, 0.29) is 11.3 Å². The van der Waals surface area contributed by atoms with Crippen LogP contribution in [0.4, 0.5) is 5.69 Å². The lowest BCUT2D eigenvalue weighted by molar-refractivity contribution is 0.0932. The van der Waals surface area contributed by atoms with E-state index in [9.17, 15) is 4.79 Å². The predicted molar refractivity (Wildman–Crippen MR) is 79.4 cm³/mol. The third-order valence-electron chi connectivity index (χ3n) is 3.42. The molecule has 0 aromatic carbocycles. The first-order valence-corrected chi connectivity index (χ1v) is 6.82. The molecule has 106 valence electrons. The molecule has 0 fully saturated rings. The van der Waals surface area contributed by atoms with Gasteiger partial charge in [0.25, 0.3) is 5.91 Å². The minimum atomic E-state index is -0.115. The van der Waals surface area contributed by atoms with Gasteiger partial charge in [0, 0.05) is 25.0 Å². The van der Waals surface area contributed by atoms with Crippen molar-refractivity contribution >= 4 is 11.6 Å². The van der Waals surface area contributed by atoms with Gasteiger partial charge < -0.3 is 10.6 Å². The van der Waals surface area contributed by atoms with Crippen molar-refractivity contribution in [2.24, 2.45) is 11.3 Å². The molecular formula is C15H25N3O. The van der Waals surface area contributed by atoms with E-state index < -0.39 is 0 Å². The summed E-state index contributed by atoms with van der Waals surface area (Å²) in [5, 5.41) is 6.12. The van der Waals surface area contributed by atoms with Crippen molar-refractivity contribution in [3.8, 4) is 0 Å². The molecule has 0 aliphatic heterocycles. The summed E-state index contributed by atoms with van der Waals surface area (Å²) < 4.78 is 0. The fourth-order valence-corrected chi connectivity index (χ4v) is 1.51. The summed E-state index contributed by atoms with van der Waals surface area (Å²) in [6.07, 6.45) is 1.65. The highest BCUT2D eigenvalue weighted by Crippen LogP contribution is 2.24. The second kappa shape index (κ2) is 6.55. The SMILES string of the molecule is CCNc1ccnc(C(=O)NCC(C)C(C)(C)C)c1. The van der Waals surface area contributed by atoms with Crippen molar-refractivity contribution in [3.63, 3.8) is 0 Å². The Hall–Kier alpha value is -1.58. The Morgan fingerprint density at radius 3 is 2.68 bits per heavy atom. The maximum Gasteiger partial charge on any atom is 0.269 e. The van der Waals surface area contributed by atoms with Crippen molar-refractivity contribution in [2.75, 3.05) is 18.4 Å². The van der Waals surface area contributed by atoms with Crippen LogP contribution in [0.2, 0.25) is 0 Å². The molecule has 0 aliphatic rings. The van der Waals surface area contributed by atoms with E-state index in [4.69, 9.17) is 0 Å². The summed E-state index contributed by atoms with van der Waals surface area (Å²) in [5.41, 5.74) is 1.57. The Kier molecular flexibility index (Phi) is 5.33. The van der Waals surface area contributed by atoms with Gasteiger partial charge in [-0.25, -0.2) is 0 Å². The summed E-state index contributed by atoms with van der Waals surface area (Å²) in [6, 6.07) is 3.64. The molecule has 1 heterocycles. The summed E-state index contributed by atoms with van der Waals surface area (Å²) in [6.45, 7) is 12.2. The number of hydrogen-bond acceptors (Lipinski definition) is 3. The minimum absolute atomic E-state index is 0.115. The van der Waals surface area contributed by atoms with Crippen LogP contribution in [-0.2, 0) is 0 Å². The van der Waals surface area contributed by atoms with Gasteiger partial charge in [0.1, 0.15) is 5.69 Å². The molecule has 0 spiro atoms. The second-order valence-electron chi connectivity index (χ2n) is 5.94. The quantitative estimate of drug-likeness (QED) is 0.858.